The number of methoxy groups -OCH3 is 2. The van der Waals surface area contributed by atoms with Crippen molar-refractivity contribution in [1.82, 2.24) is 4.98 Å². The molecule has 1 amide bonds. The van der Waals surface area contributed by atoms with E-state index < -0.39 is 0 Å². The first kappa shape index (κ1) is 18.3. The Balaban J connectivity index is 1.76. The first-order valence-corrected chi connectivity index (χ1v) is 8.41. The second kappa shape index (κ2) is 8.23. The maximum absolute atomic E-state index is 12.5. The third-order valence-electron chi connectivity index (χ3n) is 3.98. The van der Waals surface area contributed by atoms with Crippen molar-refractivity contribution >= 4 is 23.0 Å². The Hall–Kier alpha value is -3.54. The highest BCUT2D eigenvalue weighted by molar-refractivity contribution is 6.04. The van der Waals surface area contributed by atoms with Gasteiger partial charge in [0, 0.05) is 11.9 Å². The highest BCUT2D eigenvalue weighted by Gasteiger charge is 2.09. The summed E-state index contributed by atoms with van der Waals surface area (Å²) in [6.45, 7) is 2.00. The first-order valence-electron chi connectivity index (χ1n) is 8.41. The molecule has 0 bridgehead atoms. The number of amides is 1. The van der Waals surface area contributed by atoms with Crippen molar-refractivity contribution in [1.29, 1.82) is 0 Å². The molecule has 0 aliphatic carbocycles. The molecule has 2 N–H and O–H groups in total. The van der Waals surface area contributed by atoms with Crippen LogP contribution >= 0.6 is 0 Å². The van der Waals surface area contributed by atoms with Crippen molar-refractivity contribution in [3.8, 4) is 11.5 Å². The van der Waals surface area contributed by atoms with Gasteiger partial charge in [-0.15, -0.1) is 0 Å². The number of pyridine rings is 1. The zero-order valence-electron chi connectivity index (χ0n) is 15.4. The van der Waals surface area contributed by atoms with E-state index in [-0.39, 0.29) is 5.91 Å². The normalized spacial score (nSPS) is 10.2. The largest absolute Gasteiger partial charge is 0.497 e. The lowest BCUT2D eigenvalue weighted by Gasteiger charge is -2.12. The number of ether oxygens (including phenoxy) is 2. The van der Waals surface area contributed by atoms with Gasteiger partial charge in [-0.3, -0.25) is 9.78 Å². The number of anilines is 3. The fourth-order valence-electron chi connectivity index (χ4n) is 2.59. The molecule has 0 radical (unpaired) electrons. The summed E-state index contributed by atoms with van der Waals surface area (Å²) in [5.41, 5.74) is 3.73. The molecule has 2 aromatic carbocycles. The monoisotopic (exact) mass is 363 g/mol. The summed E-state index contributed by atoms with van der Waals surface area (Å²) >= 11 is 0. The highest BCUT2D eigenvalue weighted by Crippen LogP contribution is 2.28. The van der Waals surface area contributed by atoms with Gasteiger partial charge in [-0.1, -0.05) is 6.07 Å². The average Bonchev–Trinajstić information content (AvgIpc) is 2.69. The number of nitrogens with zero attached hydrogens (tertiary/aromatic N) is 1. The Kier molecular flexibility index (Phi) is 5.56. The Morgan fingerprint density at radius 1 is 0.926 bits per heavy atom. The molecular formula is C21H21N3O3. The van der Waals surface area contributed by atoms with Gasteiger partial charge in [-0.25, -0.2) is 0 Å². The van der Waals surface area contributed by atoms with Crippen LogP contribution in [0.3, 0.4) is 0 Å². The summed E-state index contributed by atoms with van der Waals surface area (Å²) in [5, 5.41) is 6.10. The maximum Gasteiger partial charge on any atom is 0.257 e. The molecule has 0 fully saturated rings. The summed E-state index contributed by atoms with van der Waals surface area (Å²) in [5.74, 6) is 1.20. The summed E-state index contributed by atoms with van der Waals surface area (Å²) in [7, 11) is 3.22. The van der Waals surface area contributed by atoms with Gasteiger partial charge >= 0.3 is 0 Å². The van der Waals surface area contributed by atoms with Gasteiger partial charge in [0.2, 0.25) is 0 Å². The minimum Gasteiger partial charge on any atom is -0.497 e. The summed E-state index contributed by atoms with van der Waals surface area (Å²) in [6.07, 6.45) is 3.18. The second-order valence-electron chi connectivity index (χ2n) is 5.97. The number of benzene rings is 2. The molecule has 0 unspecified atom stereocenters. The average molecular weight is 363 g/mol. The lowest BCUT2D eigenvalue weighted by Crippen LogP contribution is -2.12. The van der Waals surface area contributed by atoms with Crippen LogP contribution in [-0.2, 0) is 0 Å². The lowest BCUT2D eigenvalue weighted by atomic mass is 10.2. The van der Waals surface area contributed by atoms with Crippen LogP contribution < -0.4 is 20.1 Å². The number of carbonyl (C=O) groups is 1. The molecule has 138 valence electrons. The standard InChI is InChI=1S/C21H21N3O3/c1-14-4-9-20(27-3)19(10-14)23-17-11-15(12-22-13-17)21(25)24-16-5-7-18(26-2)8-6-16/h4-13,23H,1-3H3,(H,24,25). The van der Waals surface area contributed by atoms with Crippen molar-refractivity contribution in [2.75, 3.05) is 24.9 Å². The molecular weight excluding hydrogens is 342 g/mol. The summed E-state index contributed by atoms with van der Waals surface area (Å²) in [6, 6.07) is 14.7. The number of carbonyl (C=O) groups excluding carboxylic acids is 1. The summed E-state index contributed by atoms with van der Waals surface area (Å²) in [4.78, 5) is 16.7. The van der Waals surface area contributed by atoms with E-state index in [1.165, 1.54) is 6.20 Å². The zero-order chi connectivity index (χ0) is 19.2. The number of hydrogen-bond donors (Lipinski definition) is 2. The topological polar surface area (TPSA) is 72.5 Å². The SMILES string of the molecule is COc1ccc(NC(=O)c2cncc(Nc3cc(C)ccc3OC)c2)cc1. The van der Waals surface area contributed by atoms with E-state index in [1.807, 2.05) is 25.1 Å². The Morgan fingerprint density at radius 3 is 2.41 bits per heavy atom. The predicted octanol–water partition coefficient (Wildman–Crippen LogP) is 4.40. The van der Waals surface area contributed by atoms with E-state index in [1.54, 1.807) is 50.7 Å². The molecule has 1 aromatic heterocycles. The molecule has 0 saturated heterocycles. The van der Waals surface area contributed by atoms with Gasteiger partial charge in [-0.05, 0) is 55.0 Å². The molecule has 0 aliphatic rings. The van der Waals surface area contributed by atoms with Crippen molar-refractivity contribution in [2.24, 2.45) is 0 Å². The third kappa shape index (κ3) is 4.55. The first-order chi connectivity index (χ1) is 13.1. The van der Waals surface area contributed by atoms with Crippen LogP contribution in [0.4, 0.5) is 17.1 Å². The molecule has 0 atom stereocenters. The zero-order valence-corrected chi connectivity index (χ0v) is 15.4. The van der Waals surface area contributed by atoms with E-state index in [0.717, 1.165) is 17.0 Å². The van der Waals surface area contributed by atoms with Gasteiger partial charge in [0.05, 0.1) is 37.4 Å². The quantitative estimate of drug-likeness (QED) is 0.679. The van der Waals surface area contributed by atoms with Crippen molar-refractivity contribution in [2.45, 2.75) is 6.92 Å². The maximum atomic E-state index is 12.5. The minimum absolute atomic E-state index is 0.243. The van der Waals surface area contributed by atoms with Crippen molar-refractivity contribution in [3.05, 3.63) is 72.1 Å². The van der Waals surface area contributed by atoms with Gasteiger partial charge in [0.25, 0.3) is 5.91 Å². The lowest BCUT2D eigenvalue weighted by molar-refractivity contribution is 0.102. The van der Waals surface area contributed by atoms with E-state index in [9.17, 15) is 4.79 Å². The molecule has 0 aliphatic heterocycles. The smallest absolute Gasteiger partial charge is 0.257 e. The van der Waals surface area contributed by atoms with Crippen LogP contribution in [0, 0.1) is 6.92 Å². The van der Waals surface area contributed by atoms with Gasteiger partial charge in [0.1, 0.15) is 11.5 Å². The predicted molar refractivity (Wildman–Crippen MR) is 106 cm³/mol. The molecule has 6 nitrogen and oxygen atoms in total. The van der Waals surface area contributed by atoms with Crippen LogP contribution in [0.25, 0.3) is 0 Å². The minimum atomic E-state index is -0.243. The molecule has 27 heavy (non-hydrogen) atoms. The van der Waals surface area contributed by atoms with Gasteiger partial charge < -0.3 is 20.1 Å². The Bertz CT molecular complexity index is 940. The van der Waals surface area contributed by atoms with Crippen LogP contribution in [0.5, 0.6) is 11.5 Å². The van der Waals surface area contributed by atoms with Crippen LogP contribution in [0.1, 0.15) is 15.9 Å². The molecule has 3 rings (SSSR count). The van der Waals surface area contributed by atoms with Gasteiger partial charge in [-0.2, -0.15) is 0 Å². The van der Waals surface area contributed by atoms with Crippen LogP contribution in [-0.4, -0.2) is 25.1 Å². The number of rotatable bonds is 6. The fourth-order valence-corrected chi connectivity index (χ4v) is 2.59. The Labute approximate surface area is 158 Å². The number of hydrogen-bond acceptors (Lipinski definition) is 5. The van der Waals surface area contributed by atoms with Crippen LogP contribution in [0.2, 0.25) is 0 Å². The van der Waals surface area contributed by atoms with E-state index in [4.69, 9.17) is 9.47 Å². The molecule has 3 aromatic rings. The van der Waals surface area contributed by atoms with Crippen LogP contribution in [0.15, 0.2) is 60.9 Å². The van der Waals surface area contributed by atoms with E-state index in [0.29, 0.717) is 22.7 Å². The molecule has 0 spiro atoms. The van der Waals surface area contributed by atoms with Crippen molar-refractivity contribution < 1.29 is 14.3 Å². The number of nitrogens with one attached hydrogen (secondary N) is 2. The van der Waals surface area contributed by atoms with E-state index >= 15 is 0 Å². The molecule has 6 heteroatoms. The number of aromatic nitrogens is 1. The fraction of sp³-hybridized carbons (Fsp3) is 0.143. The summed E-state index contributed by atoms with van der Waals surface area (Å²) < 4.78 is 10.5. The third-order valence-corrected chi connectivity index (χ3v) is 3.98. The highest BCUT2D eigenvalue weighted by atomic mass is 16.5. The molecule has 1 heterocycles. The van der Waals surface area contributed by atoms with Gasteiger partial charge in [0.15, 0.2) is 0 Å². The molecule has 0 saturated carbocycles. The second-order valence-corrected chi connectivity index (χ2v) is 5.97. The van der Waals surface area contributed by atoms with E-state index in [2.05, 4.69) is 15.6 Å². The van der Waals surface area contributed by atoms with Crippen molar-refractivity contribution in [3.63, 3.8) is 0 Å². The Morgan fingerprint density at radius 2 is 1.70 bits per heavy atom. The number of aryl methyl sites for hydroxylation is 1.